The summed E-state index contributed by atoms with van der Waals surface area (Å²) >= 11 is 0. The molecule has 42 heavy (non-hydrogen) atoms. The van der Waals surface area contributed by atoms with Crippen LogP contribution in [0.5, 0.6) is 0 Å². The molecule has 4 aromatic rings. The molecule has 0 fully saturated rings. The number of nitrogens with zero attached hydrogens (tertiary/aromatic N) is 2. The largest absolute Gasteiger partial charge is 0.354 e. The van der Waals surface area contributed by atoms with Gasteiger partial charge in [-0.3, -0.25) is 13.9 Å². The molecule has 0 radical (unpaired) electrons. The first-order chi connectivity index (χ1) is 20.0. The van der Waals surface area contributed by atoms with E-state index in [1.807, 2.05) is 106 Å². The Kier molecular flexibility index (Phi) is 10.0. The molecule has 2 amide bonds. The van der Waals surface area contributed by atoms with Crippen molar-refractivity contribution in [1.82, 2.24) is 10.2 Å². The van der Waals surface area contributed by atoms with Crippen molar-refractivity contribution < 1.29 is 18.0 Å². The summed E-state index contributed by atoms with van der Waals surface area (Å²) in [6.45, 7) is 6.16. The Morgan fingerprint density at radius 2 is 1.48 bits per heavy atom. The van der Waals surface area contributed by atoms with E-state index in [1.54, 1.807) is 12.1 Å². The molecule has 0 saturated heterocycles. The molecule has 0 spiro atoms. The highest BCUT2D eigenvalue weighted by Gasteiger charge is 2.33. The minimum Gasteiger partial charge on any atom is -0.354 e. The number of amides is 2. The number of hydrogen-bond acceptors (Lipinski definition) is 4. The summed E-state index contributed by atoms with van der Waals surface area (Å²) in [6, 6.07) is 29.3. The fourth-order valence-corrected chi connectivity index (χ4v) is 5.83. The molecule has 4 aromatic carbocycles. The maximum atomic E-state index is 14.3. The first-order valence-electron chi connectivity index (χ1n) is 14.2. The smallest absolute Gasteiger partial charge is 0.244 e. The maximum absolute atomic E-state index is 14.3. The third-order valence-corrected chi connectivity index (χ3v) is 8.40. The number of aryl methyl sites for hydroxylation is 1. The fraction of sp³-hybridized carbons (Fsp3) is 0.294. The lowest BCUT2D eigenvalue weighted by Crippen LogP contribution is -2.53. The Morgan fingerprint density at radius 1 is 0.833 bits per heavy atom. The van der Waals surface area contributed by atoms with E-state index < -0.39 is 28.5 Å². The molecule has 8 heteroatoms. The number of rotatable bonds is 12. The van der Waals surface area contributed by atoms with Crippen LogP contribution < -0.4 is 9.62 Å². The summed E-state index contributed by atoms with van der Waals surface area (Å²) < 4.78 is 27.5. The van der Waals surface area contributed by atoms with Crippen molar-refractivity contribution in [3.63, 3.8) is 0 Å². The van der Waals surface area contributed by atoms with Gasteiger partial charge < -0.3 is 10.2 Å². The second kappa shape index (κ2) is 13.7. The Bertz CT molecular complexity index is 1630. The van der Waals surface area contributed by atoms with Gasteiger partial charge in [0.15, 0.2) is 0 Å². The summed E-state index contributed by atoms with van der Waals surface area (Å²) in [5.74, 6) is -0.512. The van der Waals surface area contributed by atoms with E-state index in [1.165, 1.54) is 4.90 Å². The zero-order chi connectivity index (χ0) is 30.3. The van der Waals surface area contributed by atoms with Gasteiger partial charge in [-0.25, -0.2) is 8.42 Å². The summed E-state index contributed by atoms with van der Waals surface area (Å²) in [7, 11) is -3.86. The van der Waals surface area contributed by atoms with Crippen LogP contribution in [0.1, 0.15) is 30.5 Å². The molecule has 0 aromatic heterocycles. The van der Waals surface area contributed by atoms with Crippen molar-refractivity contribution in [3.05, 3.63) is 114 Å². The lowest BCUT2D eigenvalue weighted by Gasteiger charge is -2.34. The molecular formula is C34H39N3O4S. The molecule has 1 atom stereocenters. The van der Waals surface area contributed by atoms with Crippen molar-refractivity contribution in [2.24, 2.45) is 5.92 Å². The molecule has 4 rings (SSSR count). The van der Waals surface area contributed by atoms with Gasteiger partial charge in [0.1, 0.15) is 12.6 Å². The number of fused-ring (bicyclic) bond motifs is 1. The second-order valence-corrected chi connectivity index (χ2v) is 13.0. The number of hydrogen-bond donors (Lipinski definition) is 1. The number of carbonyl (C=O) groups is 2. The normalized spacial score (nSPS) is 12.2. The summed E-state index contributed by atoms with van der Waals surface area (Å²) in [5.41, 5.74) is 3.18. The first kappa shape index (κ1) is 30.8. The summed E-state index contributed by atoms with van der Waals surface area (Å²) in [4.78, 5) is 29.6. The van der Waals surface area contributed by atoms with E-state index in [4.69, 9.17) is 0 Å². The van der Waals surface area contributed by atoms with Gasteiger partial charge in [0, 0.05) is 24.9 Å². The molecule has 0 aliphatic carbocycles. The van der Waals surface area contributed by atoms with E-state index in [2.05, 4.69) is 5.32 Å². The zero-order valence-electron chi connectivity index (χ0n) is 24.7. The van der Waals surface area contributed by atoms with Crippen LogP contribution >= 0.6 is 0 Å². The predicted molar refractivity (Wildman–Crippen MR) is 170 cm³/mol. The number of sulfonamides is 1. The number of carbonyl (C=O) groups excluding carboxylic acids is 2. The highest BCUT2D eigenvalue weighted by atomic mass is 32.2. The molecule has 0 bridgehead atoms. The zero-order valence-corrected chi connectivity index (χ0v) is 25.5. The topological polar surface area (TPSA) is 86.8 Å². The lowest BCUT2D eigenvalue weighted by molar-refractivity contribution is -0.140. The van der Waals surface area contributed by atoms with Crippen molar-refractivity contribution in [1.29, 1.82) is 0 Å². The maximum Gasteiger partial charge on any atom is 0.244 e. The van der Waals surface area contributed by atoms with Crippen LogP contribution in [0.15, 0.2) is 97.1 Å². The molecule has 0 heterocycles. The fourth-order valence-electron chi connectivity index (χ4n) is 4.97. The summed E-state index contributed by atoms with van der Waals surface area (Å²) in [6.07, 6.45) is 1.39. The van der Waals surface area contributed by atoms with Crippen LogP contribution in [0, 0.1) is 12.8 Å². The van der Waals surface area contributed by atoms with Gasteiger partial charge in [-0.2, -0.15) is 0 Å². The lowest BCUT2D eigenvalue weighted by atomic mass is 10.0. The van der Waals surface area contributed by atoms with Crippen LogP contribution in [0.3, 0.4) is 0 Å². The van der Waals surface area contributed by atoms with Gasteiger partial charge in [0.05, 0.1) is 11.9 Å². The molecule has 1 N–H and O–H groups in total. The van der Waals surface area contributed by atoms with E-state index in [0.29, 0.717) is 12.2 Å². The summed E-state index contributed by atoms with van der Waals surface area (Å²) in [5, 5.41) is 4.60. The highest BCUT2D eigenvalue weighted by molar-refractivity contribution is 7.92. The predicted octanol–water partition coefficient (Wildman–Crippen LogP) is 5.33. The van der Waals surface area contributed by atoms with E-state index >= 15 is 0 Å². The van der Waals surface area contributed by atoms with Crippen LogP contribution in [0.25, 0.3) is 10.8 Å². The van der Waals surface area contributed by atoms with Crippen molar-refractivity contribution in [2.75, 3.05) is 23.7 Å². The van der Waals surface area contributed by atoms with Crippen LogP contribution in [0.4, 0.5) is 5.69 Å². The average Bonchev–Trinajstić information content (AvgIpc) is 2.97. The Morgan fingerprint density at radius 3 is 2.17 bits per heavy atom. The highest BCUT2D eigenvalue weighted by Crippen LogP contribution is 2.29. The van der Waals surface area contributed by atoms with Crippen molar-refractivity contribution in [2.45, 2.75) is 39.8 Å². The van der Waals surface area contributed by atoms with E-state index in [9.17, 15) is 18.0 Å². The van der Waals surface area contributed by atoms with Gasteiger partial charge in [0.25, 0.3) is 0 Å². The van der Waals surface area contributed by atoms with Gasteiger partial charge in [-0.05, 0) is 41.0 Å². The quantitative estimate of drug-likeness (QED) is 0.244. The van der Waals surface area contributed by atoms with Crippen molar-refractivity contribution >= 4 is 38.3 Å². The first-order valence-corrected chi connectivity index (χ1v) is 16.0. The average molecular weight is 586 g/mol. The van der Waals surface area contributed by atoms with Crippen LogP contribution in [-0.4, -0.2) is 50.5 Å². The van der Waals surface area contributed by atoms with Gasteiger partial charge >= 0.3 is 0 Å². The molecule has 0 saturated carbocycles. The van der Waals surface area contributed by atoms with Crippen molar-refractivity contribution in [3.8, 4) is 0 Å². The molecular weight excluding hydrogens is 546 g/mol. The van der Waals surface area contributed by atoms with Gasteiger partial charge in [-0.15, -0.1) is 0 Å². The second-order valence-electron chi connectivity index (χ2n) is 11.1. The molecule has 7 nitrogen and oxygen atoms in total. The minimum atomic E-state index is -3.86. The minimum absolute atomic E-state index is 0.158. The number of nitrogens with one attached hydrogen (secondary N) is 1. The third kappa shape index (κ3) is 7.76. The molecule has 0 unspecified atom stereocenters. The Balaban J connectivity index is 1.78. The monoisotopic (exact) mass is 585 g/mol. The number of anilines is 1. The SMILES string of the molecule is Cc1ccccc1CN(C(=O)CN(c1cccc2ccccc12)S(C)(=O)=O)[C@H](Cc1ccccc1)C(=O)NCC(C)C. The standard InChI is InChI=1S/C34H39N3O4S/c1-25(2)22-35-34(39)32(21-27-14-6-5-7-15-27)36(23-29-17-9-8-13-26(29)3)33(38)24-37(42(4,40)41)31-20-12-18-28-16-10-11-19-30(28)31/h5-20,25,32H,21-24H2,1-4H3,(H,35,39)/t32-/m1/s1. The van der Waals surface area contributed by atoms with E-state index in [0.717, 1.165) is 38.0 Å². The molecule has 0 aliphatic heterocycles. The van der Waals surface area contributed by atoms with Gasteiger partial charge in [-0.1, -0.05) is 105 Å². The van der Waals surface area contributed by atoms with Crippen LogP contribution in [0.2, 0.25) is 0 Å². The Hall–Kier alpha value is -4.17. The number of benzene rings is 4. The van der Waals surface area contributed by atoms with Crippen LogP contribution in [-0.2, 0) is 32.6 Å². The molecule has 220 valence electrons. The van der Waals surface area contributed by atoms with E-state index in [-0.39, 0.29) is 24.8 Å². The molecule has 0 aliphatic rings. The Labute approximate surface area is 249 Å². The van der Waals surface area contributed by atoms with Gasteiger partial charge in [0.2, 0.25) is 21.8 Å². The third-order valence-electron chi connectivity index (χ3n) is 7.27.